The molecule has 0 saturated heterocycles. The van der Waals surface area contributed by atoms with Crippen molar-refractivity contribution in [2.75, 3.05) is 13.6 Å². The van der Waals surface area contributed by atoms with E-state index in [1.165, 1.54) is 51.5 Å². The predicted molar refractivity (Wildman–Crippen MR) is 79.0 cm³/mol. The highest BCUT2D eigenvalue weighted by Gasteiger charge is 2.41. The molecule has 3 aliphatic carbocycles. The van der Waals surface area contributed by atoms with Crippen molar-refractivity contribution >= 4 is 0 Å². The van der Waals surface area contributed by atoms with Crippen LogP contribution in [0.3, 0.4) is 0 Å². The number of aliphatic hydroxyl groups is 1. The first kappa shape index (κ1) is 13.9. The van der Waals surface area contributed by atoms with Gasteiger partial charge in [0.25, 0.3) is 0 Å². The van der Waals surface area contributed by atoms with Gasteiger partial charge in [-0.05, 0) is 69.2 Å². The van der Waals surface area contributed by atoms with Crippen LogP contribution < -0.4 is 0 Å². The van der Waals surface area contributed by atoms with Crippen LogP contribution in [0.15, 0.2) is 0 Å². The van der Waals surface area contributed by atoms with Crippen LogP contribution >= 0.6 is 0 Å². The third-order valence-corrected chi connectivity index (χ3v) is 6.44. The fraction of sp³-hybridized carbons (Fsp3) is 1.00. The van der Waals surface area contributed by atoms with Gasteiger partial charge in [-0.15, -0.1) is 0 Å². The average molecular weight is 265 g/mol. The number of hydrogen-bond acceptors (Lipinski definition) is 2. The van der Waals surface area contributed by atoms with Crippen LogP contribution in [0.25, 0.3) is 0 Å². The van der Waals surface area contributed by atoms with Gasteiger partial charge in [-0.3, -0.25) is 0 Å². The molecule has 1 N–H and O–H groups in total. The molecule has 2 nitrogen and oxygen atoms in total. The molecule has 0 radical (unpaired) electrons. The van der Waals surface area contributed by atoms with Crippen LogP contribution in [0.5, 0.6) is 0 Å². The number of hydrogen-bond donors (Lipinski definition) is 1. The smallest absolute Gasteiger partial charge is 0.0695 e. The maximum atomic E-state index is 10.3. The Bertz CT molecular complexity index is 306. The zero-order valence-corrected chi connectivity index (χ0v) is 12.7. The van der Waals surface area contributed by atoms with Gasteiger partial charge in [-0.1, -0.05) is 19.8 Å². The van der Waals surface area contributed by atoms with Gasteiger partial charge in [-0.2, -0.15) is 0 Å². The quantitative estimate of drug-likeness (QED) is 0.843. The summed E-state index contributed by atoms with van der Waals surface area (Å²) in [5.74, 6) is 3.83. The molecule has 0 aromatic carbocycles. The molecular weight excluding hydrogens is 234 g/mol. The second-order valence-corrected chi connectivity index (χ2v) is 7.60. The molecule has 0 heterocycles. The Hall–Kier alpha value is -0.0800. The molecule has 0 aromatic rings. The van der Waals surface area contributed by atoms with Crippen molar-refractivity contribution in [2.45, 2.75) is 70.4 Å². The average Bonchev–Trinajstić information content (AvgIpc) is 3.01. The molecular formula is C17H31NO. The Labute approximate surface area is 118 Å². The van der Waals surface area contributed by atoms with E-state index in [0.29, 0.717) is 6.04 Å². The molecule has 0 aromatic heterocycles. The van der Waals surface area contributed by atoms with Crippen molar-refractivity contribution in [1.29, 1.82) is 0 Å². The van der Waals surface area contributed by atoms with E-state index in [4.69, 9.17) is 0 Å². The maximum absolute atomic E-state index is 10.3. The van der Waals surface area contributed by atoms with Crippen LogP contribution in [-0.2, 0) is 0 Å². The zero-order valence-electron chi connectivity index (χ0n) is 12.7. The van der Waals surface area contributed by atoms with Crippen LogP contribution in [-0.4, -0.2) is 35.7 Å². The second-order valence-electron chi connectivity index (χ2n) is 7.60. The molecule has 0 aliphatic heterocycles. The van der Waals surface area contributed by atoms with Gasteiger partial charge >= 0.3 is 0 Å². The Kier molecular flexibility index (Phi) is 4.19. The highest BCUT2D eigenvalue weighted by Crippen LogP contribution is 2.48. The normalized spacial score (nSPS) is 46.1. The summed E-state index contributed by atoms with van der Waals surface area (Å²) in [4.78, 5) is 2.51. The topological polar surface area (TPSA) is 23.5 Å². The van der Waals surface area contributed by atoms with Gasteiger partial charge in [0.2, 0.25) is 0 Å². The molecule has 3 aliphatic rings. The molecule has 6 atom stereocenters. The second kappa shape index (κ2) is 5.73. The van der Waals surface area contributed by atoms with Crippen LogP contribution in [0.4, 0.5) is 0 Å². The van der Waals surface area contributed by atoms with E-state index in [1.54, 1.807) is 0 Å². The Morgan fingerprint density at radius 2 is 1.89 bits per heavy atom. The lowest BCUT2D eigenvalue weighted by Crippen LogP contribution is -2.47. The minimum atomic E-state index is -0.0774. The van der Waals surface area contributed by atoms with Crippen molar-refractivity contribution < 1.29 is 5.11 Å². The van der Waals surface area contributed by atoms with Gasteiger partial charge in [0.15, 0.2) is 0 Å². The molecule has 3 fully saturated rings. The number of likely N-dealkylation sites (N-methyl/N-ethyl adjacent to an activating group) is 1. The van der Waals surface area contributed by atoms with E-state index >= 15 is 0 Å². The van der Waals surface area contributed by atoms with E-state index in [1.807, 2.05) is 0 Å². The minimum absolute atomic E-state index is 0.0774. The van der Waals surface area contributed by atoms with E-state index in [-0.39, 0.29) is 6.10 Å². The molecule has 0 amide bonds. The number of rotatable bonds is 4. The molecule has 0 spiro atoms. The summed E-state index contributed by atoms with van der Waals surface area (Å²) in [6.45, 7) is 3.54. The monoisotopic (exact) mass is 265 g/mol. The number of nitrogens with zero attached hydrogens (tertiary/aromatic N) is 1. The third kappa shape index (κ3) is 2.85. The number of fused-ring (bicyclic) bond motifs is 2. The summed E-state index contributed by atoms with van der Waals surface area (Å²) in [6.07, 6.45) is 10.6. The van der Waals surface area contributed by atoms with Gasteiger partial charge in [-0.25, -0.2) is 0 Å². The number of aliphatic hydroxyl groups excluding tert-OH is 1. The summed E-state index contributed by atoms with van der Waals surface area (Å²) >= 11 is 0. The predicted octanol–water partition coefficient (Wildman–Crippen LogP) is 3.29. The zero-order chi connectivity index (χ0) is 13.4. The van der Waals surface area contributed by atoms with E-state index in [9.17, 15) is 5.11 Å². The minimum Gasteiger partial charge on any atom is -0.391 e. The highest BCUT2D eigenvalue weighted by molar-refractivity contribution is 4.93. The van der Waals surface area contributed by atoms with Gasteiger partial charge in [0.05, 0.1) is 6.10 Å². The first-order valence-corrected chi connectivity index (χ1v) is 8.55. The van der Waals surface area contributed by atoms with Crippen molar-refractivity contribution in [3.63, 3.8) is 0 Å². The molecule has 2 heteroatoms. The molecule has 3 rings (SSSR count). The van der Waals surface area contributed by atoms with Crippen LogP contribution in [0, 0.1) is 23.7 Å². The summed E-state index contributed by atoms with van der Waals surface area (Å²) in [7, 11) is 2.26. The fourth-order valence-electron chi connectivity index (χ4n) is 5.17. The van der Waals surface area contributed by atoms with Crippen molar-refractivity contribution in [3.8, 4) is 0 Å². The van der Waals surface area contributed by atoms with Gasteiger partial charge < -0.3 is 10.0 Å². The molecule has 2 bridgehead atoms. The van der Waals surface area contributed by atoms with Crippen LogP contribution in [0.1, 0.15) is 58.3 Å². The lowest BCUT2D eigenvalue weighted by Gasteiger charge is -2.40. The molecule has 19 heavy (non-hydrogen) atoms. The van der Waals surface area contributed by atoms with Crippen molar-refractivity contribution in [1.82, 2.24) is 4.90 Å². The lowest BCUT2D eigenvalue weighted by atomic mass is 9.81. The summed E-state index contributed by atoms with van der Waals surface area (Å²) < 4.78 is 0. The lowest BCUT2D eigenvalue weighted by molar-refractivity contribution is 0.00462. The van der Waals surface area contributed by atoms with Crippen molar-refractivity contribution in [3.05, 3.63) is 0 Å². The van der Waals surface area contributed by atoms with E-state index < -0.39 is 0 Å². The summed E-state index contributed by atoms with van der Waals surface area (Å²) in [6, 6.07) is 0.429. The van der Waals surface area contributed by atoms with Gasteiger partial charge in [0, 0.05) is 12.6 Å². The standard InChI is InChI=1S/C17H31NO/c1-3-12-5-7-17(19)16(10-12)18(2)11-15-9-13-4-6-14(15)8-13/h12-17,19H,3-11H2,1-2H3. The Morgan fingerprint density at radius 1 is 1.05 bits per heavy atom. The molecule has 3 saturated carbocycles. The molecule has 110 valence electrons. The maximum Gasteiger partial charge on any atom is 0.0695 e. The van der Waals surface area contributed by atoms with Crippen LogP contribution in [0.2, 0.25) is 0 Å². The van der Waals surface area contributed by atoms with E-state index in [2.05, 4.69) is 18.9 Å². The van der Waals surface area contributed by atoms with E-state index in [0.717, 1.165) is 30.1 Å². The Balaban J connectivity index is 1.55. The first-order valence-electron chi connectivity index (χ1n) is 8.55. The fourth-order valence-corrected chi connectivity index (χ4v) is 5.17. The Morgan fingerprint density at radius 3 is 2.53 bits per heavy atom. The van der Waals surface area contributed by atoms with Gasteiger partial charge in [0.1, 0.15) is 0 Å². The highest BCUT2D eigenvalue weighted by atomic mass is 16.3. The summed E-state index contributed by atoms with van der Waals surface area (Å²) in [5, 5.41) is 10.3. The third-order valence-electron chi connectivity index (χ3n) is 6.44. The SMILES string of the molecule is CCC1CCC(O)C(N(C)CC2CC3CCC2C3)C1. The first-order chi connectivity index (χ1) is 9.17. The molecule has 6 unspecified atom stereocenters. The summed E-state index contributed by atoms with van der Waals surface area (Å²) in [5.41, 5.74) is 0. The largest absolute Gasteiger partial charge is 0.391 e. The van der Waals surface area contributed by atoms with Crippen molar-refractivity contribution in [2.24, 2.45) is 23.7 Å².